The lowest BCUT2D eigenvalue weighted by molar-refractivity contribution is -0.111. The highest BCUT2D eigenvalue weighted by molar-refractivity contribution is 5.52. The van der Waals surface area contributed by atoms with Gasteiger partial charge in [-0.15, -0.1) is 0 Å². The molecule has 0 heterocycles. The Morgan fingerprint density at radius 1 is 1.44 bits per heavy atom. The first-order valence-electron chi connectivity index (χ1n) is 3.41. The molecular weight excluding hydrogens is 112 g/mol. The first-order valence-corrected chi connectivity index (χ1v) is 3.41. The van der Waals surface area contributed by atoms with Crippen LogP contribution in [0.4, 0.5) is 0 Å². The lowest BCUT2D eigenvalue weighted by Gasteiger charge is -2.19. The number of carbonyl (C=O) groups is 1. The standard InChI is InChI=1S/C8H16O/c1-7(6-9)5-8(2,3)4/h6-7H,5H2,1-4H3. The molecule has 9 heavy (non-hydrogen) atoms. The topological polar surface area (TPSA) is 17.1 Å². The van der Waals surface area contributed by atoms with Gasteiger partial charge in [0.25, 0.3) is 0 Å². The predicted molar refractivity (Wildman–Crippen MR) is 39.3 cm³/mol. The van der Waals surface area contributed by atoms with Crippen molar-refractivity contribution in [1.82, 2.24) is 0 Å². The van der Waals surface area contributed by atoms with E-state index in [0.29, 0.717) is 5.41 Å². The van der Waals surface area contributed by atoms with Gasteiger partial charge in [-0.1, -0.05) is 27.7 Å². The van der Waals surface area contributed by atoms with E-state index in [4.69, 9.17) is 0 Å². The number of aldehydes is 1. The van der Waals surface area contributed by atoms with Gasteiger partial charge in [-0.25, -0.2) is 0 Å². The van der Waals surface area contributed by atoms with Crippen molar-refractivity contribution in [1.29, 1.82) is 0 Å². The molecule has 0 bridgehead atoms. The first-order chi connectivity index (χ1) is 3.95. The monoisotopic (exact) mass is 128 g/mol. The highest BCUT2D eigenvalue weighted by Gasteiger charge is 2.13. The van der Waals surface area contributed by atoms with Crippen molar-refractivity contribution < 1.29 is 4.79 Å². The Bertz CT molecular complexity index is 89.2. The van der Waals surface area contributed by atoms with E-state index in [9.17, 15) is 4.79 Å². The van der Waals surface area contributed by atoms with Gasteiger partial charge in [0, 0.05) is 5.92 Å². The lowest BCUT2D eigenvalue weighted by atomic mass is 9.86. The van der Waals surface area contributed by atoms with Gasteiger partial charge in [-0.05, 0) is 11.8 Å². The molecule has 0 aliphatic carbocycles. The Kier molecular flexibility index (Phi) is 2.89. The second kappa shape index (κ2) is 3.00. The number of hydrogen-bond acceptors (Lipinski definition) is 1. The van der Waals surface area contributed by atoms with Gasteiger partial charge in [-0.2, -0.15) is 0 Å². The summed E-state index contributed by atoms with van der Waals surface area (Å²) in [6.45, 7) is 8.39. The van der Waals surface area contributed by atoms with Gasteiger partial charge in [0.15, 0.2) is 0 Å². The van der Waals surface area contributed by atoms with Crippen molar-refractivity contribution >= 4 is 6.29 Å². The van der Waals surface area contributed by atoms with E-state index in [1.54, 1.807) is 0 Å². The Hall–Kier alpha value is -0.330. The maximum atomic E-state index is 10.2. The fourth-order valence-electron chi connectivity index (χ4n) is 1.01. The van der Waals surface area contributed by atoms with Crippen LogP contribution in [0, 0.1) is 11.3 Å². The summed E-state index contributed by atoms with van der Waals surface area (Å²) >= 11 is 0. The normalized spacial score (nSPS) is 15.1. The minimum Gasteiger partial charge on any atom is -0.303 e. The van der Waals surface area contributed by atoms with Crippen molar-refractivity contribution in [2.45, 2.75) is 34.1 Å². The molecule has 0 N–H and O–H groups in total. The summed E-state index contributed by atoms with van der Waals surface area (Å²) in [4.78, 5) is 10.2. The fourth-order valence-corrected chi connectivity index (χ4v) is 1.01. The highest BCUT2D eigenvalue weighted by atomic mass is 16.1. The molecule has 1 unspecified atom stereocenters. The lowest BCUT2D eigenvalue weighted by Crippen LogP contribution is -2.11. The summed E-state index contributed by atoms with van der Waals surface area (Å²) in [5.74, 6) is 0.213. The molecule has 0 aromatic rings. The third-order valence-corrected chi connectivity index (χ3v) is 1.17. The summed E-state index contributed by atoms with van der Waals surface area (Å²) in [7, 11) is 0. The summed E-state index contributed by atoms with van der Waals surface area (Å²) in [6.07, 6.45) is 2.00. The van der Waals surface area contributed by atoms with Crippen LogP contribution >= 0.6 is 0 Å². The molecule has 0 radical (unpaired) electrons. The van der Waals surface area contributed by atoms with Crippen LogP contribution in [0.2, 0.25) is 0 Å². The average Bonchev–Trinajstić information content (AvgIpc) is 1.62. The quantitative estimate of drug-likeness (QED) is 0.521. The third-order valence-electron chi connectivity index (χ3n) is 1.17. The molecule has 54 valence electrons. The zero-order chi connectivity index (χ0) is 7.49. The van der Waals surface area contributed by atoms with Gasteiger partial charge in [-0.3, -0.25) is 0 Å². The van der Waals surface area contributed by atoms with Gasteiger partial charge in [0.1, 0.15) is 6.29 Å². The van der Waals surface area contributed by atoms with Gasteiger partial charge in [0.05, 0.1) is 0 Å². The largest absolute Gasteiger partial charge is 0.303 e. The molecule has 1 atom stereocenters. The number of carbonyl (C=O) groups excluding carboxylic acids is 1. The van der Waals surface area contributed by atoms with E-state index in [2.05, 4.69) is 20.8 Å². The van der Waals surface area contributed by atoms with Crippen LogP contribution in [-0.4, -0.2) is 6.29 Å². The van der Waals surface area contributed by atoms with Crippen molar-refractivity contribution in [3.63, 3.8) is 0 Å². The van der Waals surface area contributed by atoms with Gasteiger partial charge >= 0.3 is 0 Å². The number of hydrogen-bond donors (Lipinski definition) is 0. The second-order valence-electron chi connectivity index (χ2n) is 3.88. The van der Waals surface area contributed by atoms with Crippen LogP contribution in [0.3, 0.4) is 0 Å². The van der Waals surface area contributed by atoms with E-state index in [1.165, 1.54) is 0 Å². The highest BCUT2D eigenvalue weighted by Crippen LogP contribution is 2.22. The molecule has 0 fully saturated rings. The summed E-state index contributed by atoms with van der Waals surface area (Å²) < 4.78 is 0. The second-order valence-corrected chi connectivity index (χ2v) is 3.88. The Morgan fingerprint density at radius 3 is 2.00 bits per heavy atom. The molecule has 0 rings (SSSR count). The van der Waals surface area contributed by atoms with E-state index in [0.717, 1.165) is 12.7 Å². The molecule has 0 aromatic carbocycles. The predicted octanol–water partition coefficient (Wildman–Crippen LogP) is 2.26. The molecule has 0 saturated carbocycles. The van der Waals surface area contributed by atoms with Crippen molar-refractivity contribution in [3.05, 3.63) is 0 Å². The fraction of sp³-hybridized carbons (Fsp3) is 0.875. The van der Waals surface area contributed by atoms with Crippen LogP contribution in [0.25, 0.3) is 0 Å². The van der Waals surface area contributed by atoms with E-state index in [1.807, 2.05) is 6.92 Å². The zero-order valence-electron chi connectivity index (χ0n) is 6.77. The summed E-state index contributed by atoms with van der Waals surface area (Å²) in [5.41, 5.74) is 0.292. The van der Waals surface area contributed by atoms with Crippen LogP contribution in [0.1, 0.15) is 34.1 Å². The zero-order valence-corrected chi connectivity index (χ0v) is 6.77. The third kappa shape index (κ3) is 5.54. The Labute approximate surface area is 57.5 Å². The molecule has 1 heteroatoms. The SMILES string of the molecule is CC(C=O)CC(C)(C)C. The molecule has 0 aliphatic rings. The molecule has 0 aromatic heterocycles. The van der Waals surface area contributed by atoms with Crippen molar-refractivity contribution in [2.75, 3.05) is 0 Å². The molecule has 1 nitrogen and oxygen atoms in total. The molecule has 0 spiro atoms. The summed E-state index contributed by atoms with van der Waals surface area (Å²) in [6, 6.07) is 0. The Balaban J connectivity index is 3.59. The molecule has 0 amide bonds. The number of rotatable bonds is 2. The smallest absolute Gasteiger partial charge is 0.122 e. The first kappa shape index (κ1) is 8.67. The average molecular weight is 128 g/mol. The van der Waals surface area contributed by atoms with Crippen LogP contribution in [0.15, 0.2) is 0 Å². The molecule has 0 aliphatic heterocycles. The van der Waals surface area contributed by atoms with Crippen LogP contribution in [0.5, 0.6) is 0 Å². The van der Waals surface area contributed by atoms with E-state index < -0.39 is 0 Å². The van der Waals surface area contributed by atoms with E-state index >= 15 is 0 Å². The molecule has 0 saturated heterocycles. The van der Waals surface area contributed by atoms with Gasteiger partial charge < -0.3 is 4.79 Å². The minimum atomic E-state index is 0.213. The van der Waals surface area contributed by atoms with Crippen LogP contribution in [-0.2, 0) is 4.79 Å². The van der Waals surface area contributed by atoms with Crippen molar-refractivity contribution in [3.8, 4) is 0 Å². The maximum Gasteiger partial charge on any atom is 0.122 e. The maximum absolute atomic E-state index is 10.2. The van der Waals surface area contributed by atoms with E-state index in [-0.39, 0.29) is 5.92 Å². The Morgan fingerprint density at radius 2 is 1.89 bits per heavy atom. The molecular formula is C8H16O. The minimum absolute atomic E-state index is 0.213. The van der Waals surface area contributed by atoms with Crippen molar-refractivity contribution in [2.24, 2.45) is 11.3 Å². The summed E-state index contributed by atoms with van der Waals surface area (Å²) in [5, 5.41) is 0. The van der Waals surface area contributed by atoms with Gasteiger partial charge in [0.2, 0.25) is 0 Å². The van der Waals surface area contributed by atoms with Crippen LogP contribution < -0.4 is 0 Å².